The second kappa shape index (κ2) is 6.53. The standard InChI is InChI=1S/C12H18FNO/c1-10(14-7-2-3-8-15)11-5-4-6-12(13)9-11/h4-6,9-10,14-15H,2-3,7-8H2,1H3. The monoisotopic (exact) mass is 211 g/mol. The molecule has 3 heteroatoms. The molecule has 0 saturated heterocycles. The van der Waals surface area contributed by atoms with E-state index in [0.717, 1.165) is 24.9 Å². The van der Waals surface area contributed by atoms with Gasteiger partial charge in [-0.3, -0.25) is 0 Å². The Bertz CT molecular complexity index is 291. The SMILES string of the molecule is CC(NCCCCO)c1cccc(F)c1. The van der Waals surface area contributed by atoms with E-state index in [0.29, 0.717) is 0 Å². The van der Waals surface area contributed by atoms with Crippen molar-refractivity contribution in [3.8, 4) is 0 Å². The van der Waals surface area contributed by atoms with E-state index in [2.05, 4.69) is 5.32 Å². The zero-order valence-corrected chi connectivity index (χ0v) is 9.04. The van der Waals surface area contributed by atoms with Crippen molar-refractivity contribution in [3.05, 3.63) is 35.6 Å². The number of benzene rings is 1. The van der Waals surface area contributed by atoms with Crippen LogP contribution in [0.2, 0.25) is 0 Å². The van der Waals surface area contributed by atoms with Crippen LogP contribution in [-0.2, 0) is 0 Å². The van der Waals surface area contributed by atoms with Gasteiger partial charge in [-0.05, 0) is 44.0 Å². The Balaban J connectivity index is 2.36. The summed E-state index contributed by atoms with van der Waals surface area (Å²) in [5.74, 6) is -0.198. The average molecular weight is 211 g/mol. The molecule has 0 aliphatic heterocycles. The van der Waals surface area contributed by atoms with Crippen molar-refractivity contribution in [2.75, 3.05) is 13.2 Å². The molecule has 1 unspecified atom stereocenters. The first-order chi connectivity index (χ1) is 7.24. The maximum Gasteiger partial charge on any atom is 0.123 e. The number of nitrogens with one attached hydrogen (secondary N) is 1. The predicted octanol–water partition coefficient (Wildman–Crippen LogP) is 2.25. The first-order valence-corrected chi connectivity index (χ1v) is 5.33. The fourth-order valence-corrected chi connectivity index (χ4v) is 1.45. The normalized spacial score (nSPS) is 12.7. The fraction of sp³-hybridized carbons (Fsp3) is 0.500. The van der Waals surface area contributed by atoms with Gasteiger partial charge in [0.2, 0.25) is 0 Å². The summed E-state index contributed by atoms with van der Waals surface area (Å²) in [6.07, 6.45) is 1.75. The lowest BCUT2D eigenvalue weighted by atomic mass is 10.1. The predicted molar refractivity (Wildman–Crippen MR) is 59.1 cm³/mol. The number of unbranched alkanes of at least 4 members (excludes halogenated alkanes) is 1. The Labute approximate surface area is 90.1 Å². The highest BCUT2D eigenvalue weighted by Gasteiger charge is 2.04. The van der Waals surface area contributed by atoms with Crippen molar-refractivity contribution in [2.24, 2.45) is 0 Å². The minimum absolute atomic E-state index is 0.152. The molecule has 0 saturated carbocycles. The largest absolute Gasteiger partial charge is 0.396 e. The lowest BCUT2D eigenvalue weighted by molar-refractivity contribution is 0.283. The van der Waals surface area contributed by atoms with E-state index in [1.807, 2.05) is 13.0 Å². The summed E-state index contributed by atoms with van der Waals surface area (Å²) < 4.78 is 12.9. The molecule has 15 heavy (non-hydrogen) atoms. The zero-order chi connectivity index (χ0) is 11.1. The quantitative estimate of drug-likeness (QED) is 0.707. The van der Waals surface area contributed by atoms with Gasteiger partial charge in [0.25, 0.3) is 0 Å². The van der Waals surface area contributed by atoms with Gasteiger partial charge in [0.05, 0.1) is 0 Å². The Kier molecular flexibility index (Phi) is 5.29. The van der Waals surface area contributed by atoms with E-state index in [1.165, 1.54) is 6.07 Å². The molecule has 1 atom stereocenters. The molecule has 0 bridgehead atoms. The van der Waals surface area contributed by atoms with Crippen LogP contribution in [0.4, 0.5) is 4.39 Å². The average Bonchev–Trinajstić information content (AvgIpc) is 2.24. The van der Waals surface area contributed by atoms with E-state index in [-0.39, 0.29) is 18.5 Å². The van der Waals surface area contributed by atoms with E-state index in [1.54, 1.807) is 12.1 Å². The van der Waals surface area contributed by atoms with Crippen molar-refractivity contribution in [1.82, 2.24) is 5.32 Å². The van der Waals surface area contributed by atoms with Gasteiger partial charge < -0.3 is 10.4 Å². The molecule has 2 nitrogen and oxygen atoms in total. The van der Waals surface area contributed by atoms with E-state index >= 15 is 0 Å². The van der Waals surface area contributed by atoms with E-state index in [4.69, 9.17) is 5.11 Å². The number of hydrogen-bond acceptors (Lipinski definition) is 2. The molecule has 1 aromatic carbocycles. The molecule has 0 aromatic heterocycles. The summed E-state index contributed by atoms with van der Waals surface area (Å²) in [7, 11) is 0. The van der Waals surface area contributed by atoms with Gasteiger partial charge in [-0.25, -0.2) is 4.39 Å². The molecule has 84 valence electrons. The fourth-order valence-electron chi connectivity index (χ4n) is 1.45. The molecule has 0 spiro atoms. The van der Waals surface area contributed by atoms with Crippen LogP contribution in [0, 0.1) is 5.82 Å². The molecule has 1 rings (SSSR count). The summed E-state index contributed by atoms with van der Waals surface area (Å²) in [6.45, 7) is 3.09. The van der Waals surface area contributed by atoms with Crippen molar-refractivity contribution in [2.45, 2.75) is 25.8 Å². The first-order valence-electron chi connectivity index (χ1n) is 5.33. The summed E-state index contributed by atoms with van der Waals surface area (Å²) in [5, 5.41) is 11.9. The van der Waals surface area contributed by atoms with Crippen LogP contribution in [0.5, 0.6) is 0 Å². The molecule has 0 aliphatic carbocycles. The number of halogens is 1. The van der Waals surface area contributed by atoms with Gasteiger partial charge >= 0.3 is 0 Å². The Morgan fingerprint density at radius 2 is 2.20 bits per heavy atom. The maximum absolute atomic E-state index is 12.9. The molecule has 0 fully saturated rings. The summed E-state index contributed by atoms with van der Waals surface area (Å²) in [6, 6.07) is 6.77. The van der Waals surface area contributed by atoms with Crippen LogP contribution in [-0.4, -0.2) is 18.3 Å². The molecular weight excluding hydrogens is 193 g/mol. The van der Waals surface area contributed by atoms with Gasteiger partial charge in [0.1, 0.15) is 5.82 Å². The molecule has 2 N–H and O–H groups in total. The van der Waals surface area contributed by atoms with E-state index < -0.39 is 0 Å². The van der Waals surface area contributed by atoms with Crippen LogP contribution in [0.1, 0.15) is 31.4 Å². The van der Waals surface area contributed by atoms with Crippen molar-refractivity contribution >= 4 is 0 Å². The minimum Gasteiger partial charge on any atom is -0.396 e. The molecule has 0 amide bonds. The molecule has 0 heterocycles. The third kappa shape index (κ3) is 4.40. The summed E-state index contributed by atoms with van der Waals surface area (Å²) >= 11 is 0. The number of rotatable bonds is 6. The Morgan fingerprint density at radius 3 is 2.87 bits per heavy atom. The number of aliphatic hydroxyl groups is 1. The summed E-state index contributed by atoms with van der Waals surface area (Å²) in [5.41, 5.74) is 0.957. The maximum atomic E-state index is 12.9. The highest BCUT2D eigenvalue weighted by Crippen LogP contribution is 2.13. The molecule has 0 radical (unpaired) electrons. The van der Waals surface area contributed by atoms with Crippen LogP contribution in [0.25, 0.3) is 0 Å². The minimum atomic E-state index is -0.198. The Morgan fingerprint density at radius 1 is 1.40 bits per heavy atom. The molecule has 0 aliphatic rings. The van der Waals surface area contributed by atoms with Crippen LogP contribution >= 0.6 is 0 Å². The van der Waals surface area contributed by atoms with Gasteiger partial charge in [-0.2, -0.15) is 0 Å². The van der Waals surface area contributed by atoms with Gasteiger partial charge in [-0.1, -0.05) is 12.1 Å². The van der Waals surface area contributed by atoms with Crippen molar-refractivity contribution < 1.29 is 9.50 Å². The first kappa shape index (κ1) is 12.1. The van der Waals surface area contributed by atoms with Crippen molar-refractivity contribution in [1.29, 1.82) is 0 Å². The lowest BCUT2D eigenvalue weighted by Crippen LogP contribution is -2.20. The highest BCUT2D eigenvalue weighted by atomic mass is 19.1. The smallest absolute Gasteiger partial charge is 0.123 e. The lowest BCUT2D eigenvalue weighted by Gasteiger charge is -2.13. The molecular formula is C12H18FNO. The second-order valence-electron chi connectivity index (χ2n) is 3.66. The third-order valence-electron chi connectivity index (χ3n) is 2.38. The van der Waals surface area contributed by atoms with Crippen molar-refractivity contribution in [3.63, 3.8) is 0 Å². The summed E-state index contributed by atoms with van der Waals surface area (Å²) in [4.78, 5) is 0. The molecule has 1 aromatic rings. The van der Waals surface area contributed by atoms with Gasteiger partial charge in [0, 0.05) is 12.6 Å². The number of hydrogen-bond donors (Lipinski definition) is 2. The third-order valence-corrected chi connectivity index (χ3v) is 2.38. The second-order valence-corrected chi connectivity index (χ2v) is 3.66. The van der Waals surface area contributed by atoms with Crippen LogP contribution in [0.3, 0.4) is 0 Å². The highest BCUT2D eigenvalue weighted by molar-refractivity contribution is 5.19. The van der Waals surface area contributed by atoms with E-state index in [9.17, 15) is 4.39 Å². The number of aliphatic hydroxyl groups excluding tert-OH is 1. The topological polar surface area (TPSA) is 32.3 Å². The van der Waals surface area contributed by atoms with Gasteiger partial charge in [-0.15, -0.1) is 0 Å². The van der Waals surface area contributed by atoms with Gasteiger partial charge in [0.15, 0.2) is 0 Å². The van der Waals surface area contributed by atoms with Crippen LogP contribution < -0.4 is 5.32 Å². The van der Waals surface area contributed by atoms with Crippen LogP contribution in [0.15, 0.2) is 24.3 Å². The zero-order valence-electron chi connectivity index (χ0n) is 9.04. The Hall–Kier alpha value is -0.930.